The van der Waals surface area contributed by atoms with E-state index in [2.05, 4.69) is 15.5 Å². The summed E-state index contributed by atoms with van der Waals surface area (Å²) in [5.74, 6) is 1.26. The summed E-state index contributed by atoms with van der Waals surface area (Å²) in [6.07, 6.45) is 0. The van der Waals surface area contributed by atoms with E-state index in [0.717, 1.165) is 10.9 Å². The first-order valence-corrected chi connectivity index (χ1v) is 5.67. The van der Waals surface area contributed by atoms with Crippen LogP contribution in [0.4, 0.5) is 0 Å². The van der Waals surface area contributed by atoms with Crippen LogP contribution in [0.5, 0.6) is 0 Å². The number of thiophene rings is 1. The van der Waals surface area contributed by atoms with Crippen molar-refractivity contribution in [2.24, 2.45) is 0 Å². The van der Waals surface area contributed by atoms with Crippen LogP contribution in [-0.2, 0) is 13.1 Å². The fraction of sp³-hybridized carbons (Fsp3) is 0.333. The molecule has 80 valence electrons. The molecule has 0 saturated carbocycles. The van der Waals surface area contributed by atoms with Gasteiger partial charge in [-0.1, -0.05) is 16.8 Å². The maximum Gasteiger partial charge on any atom is 0.240 e. The highest BCUT2D eigenvalue weighted by Gasteiger charge is 2.02. The Bertz CT molecular complexity index is 400. The molecule has 0 fully saturated rings. The Balaban J connectivity index is 1.80. The van der Waals surface area contributed by atoms with E-state index < -0.39 is 0 Å². The Morgan fingerprint density at radius 2 is 2.33 bits per heavy atom. The summed E-state index contributed by atoms with van der Waals surface area (Å²) >= 11 is 7.37. The van der Waals surface area contributed by atoms with Crippen LogP contribution in [0.25, 0.3) is 0 Å². The number of aryl methyl sites for hydroxylation is 1. The van der Waals surface area contributed by atoms with Crippen LogP contribution in [0.1, 0.15) is 16.6 Å². The maximum absolute atomic E-state index is 5.81. The molecule has 2 aromatic rings. The third kappa shape index (κ3) is 3.02. The first-order valence-electron chi connectivity index (χ1n) is 4.48. The average Bonchev–Trinajstić information content (AvgIpc) is 2.76. The second-order valence-electron chi connectivity index (χ2n) is 3.04. The zero-order valence-corrected chi connectivity index (χ0v) is 9.73. The van der Waals surface area contributed by atoms with Gasteiger partial charge in [0.2, 0.25) is 5.89 Å². The Morgan fingerprint density at radius 3 is 2.93 bits per heavy atom. The van der Waals surface area contributed by atoms with Gasteiger partial charge in [0, 0.05) is 11.4 Å². The SMILES string of the molecule is Cc1noc(CNCc2ccc(Cl)s2)n1. The standard InChI is InChI=1S/C9H10ClN3OS/c1-6-12-9(14-13-6)5-11-4-7-2-3-8(10)15-7/h2-3,11H,4-5H2,1H3. The van der Waals surface area contributed by atoms with Gasteiger partial charge in [0.25, 0.3) is 0 Å². The smallest absolute Gasteiger partial charge is 0.240 e. The molecule has 2 aromatic heterocycles. The van der Waals surface area contributed by atoms with E-state index in [-0.39, 0.29) is 0 Å². The van der Waals surface area contributed by atoms with E-state index in [0.29, 0.717) is 18.3 Å². The van der Waals surface area contributed by atoms with Gasteiger partial charge in [-0.25, -0.2) is 0 Å². The maximum atomic E-state index is 5.81. The number of hydrogen-bond acceptors (Lipinski definition) is 5. The highest BCUT2D eigenvalue weighted by molar-refractivity contribution is 7.16. The lowest BCUT2D eigenvalue weighted by Crippen LogP contribution is -2.11. The largest absolute Gasteiger partial charge is 0.338 e. The van der Waals surface area contributed by atoms with Crippen LogP contribution in [0.2, 0.25) is 4.34 Å². The lowest BCUT2D eigenvalue weighted by molar-refractivity contribution is 0.364. The van der Waals surface area contributed by atoms with Gasteiger partial charge >= 0.3 is 0 Å². The van der Waals surface area contributed by atoms with Crippen LogP contribution >= 0.6 is 22.9 Å². The molecule has 2 heterocycles. The minimum Gasteiger partial charge on any atom is -0.338 e. The van der Waals surface area contributed by atoms with Gasteiger partial charge < -0.3 is 9.84 Å². The Labute approximate surface area is 96.3 Å². The number of nitrogens with zero attached hydrogens (tertiary/aromatic N) is 2. The second-order valence-corrected chi connectivity index (χ2v) is 4.84. The van der Waals surface area contributed by atoms with Gasteiger partial charge in [-0.3, -0.25) is 0 Å². The summed E-state index contributed by atoms with van der Waals surface area (Å²) in [5, 5.41) is 6.90. The second kappa shape index (κ2) is 4.74. The summed E-state index contributed by atoms with van der Waals surface area (Å²) in [6.45, 7) is 3.14. The van der Waals surface area contributed by atoms with E-state index in [4.69, 9.17) is 16.1 Å². The van der Waals surface area contributed by atoms with Crippen LogP contribution < -0.4 is 5.32 Å². The van der Waals surface area contributed by atoms with Crippen molar-refractivity contribution in [1.82, 2.24) is 15.5 Å². The molecule has 0 amide bonds. The fourth-order valence-electron chi connectivity index (χ4n) is 1.15. The van der Waals surface area contributed by atoms with Crippen molar-refractivity contribution in [3.05, 3.63) is 33.1 Å². The van der Waals surface area contributed by atoms with Crippen molar-refractivity contribution in [2.75, 3.05) is 0 Å². The van der Waals surface area contributed by atoms with E-state index >= 15 is 0 Å². The summed E-state index contributed by atoms with van der Waals surface area (Å²) in [4.78, 5) is 5.28. The van der Waals surface area contributed by atoms with Crippen molar-refractivity contribution in [3.63, 3.8) is 0 Å². The molecular weight excluding hydrogens is 234 g/mol. The Hall–Kier alpha value is -0.910. The summed E-state index contributed by atoms with van der Waals surface area (Å²) < 4.78 is 5.77. The number of rotatable bonds is 4. The first kappa shape index (κ1) is 10.6. The molecule has 4 nitrogen and oxygen atoms in total. The van der Waals surface area contributed by atoms with Crippen LogP contribution in [0, 0.1) is 6.92 Å². The van der Waals surface area contributed by atoms with E-state index in [1.54, 1.807) is 18.3 Å². The van der Waals surface area contributed by atoms with Crippen molar-refractivity contribution in [1.29, 1.82) is 0 Å². The highest BCUT2D eigenvalue weighted by atomic mass is 35.5. The molecule has 0 aliphatic rings. The zero-order valence-electron chi connectivity index (χ0n) is 8.16. The van der Waals surface area contributed by atoms with Crippen molar-refractivity contribution in [3.8, 4) is 0 Å². The minimum atomic E-state index is 0.580. The molecule has 0 bridgehead atoms. The molecule has 0 atom stereocenters. The van der Waals surface area contributed by atoms with Crippen molar-refractivity contribution < 1.29 is 4.52 Å². The van der Waals surface area contributed by atoms with Gasteiger partial charge in [-0.05, 0) is 19.1 Å². The summed E-state index contributed by atoms with van der Waals surface area (Å²) in [7, 11) is 0. The molecule has 0 aliphatic heterocycles. The quantitative estimate of drug-likeness (QED) is 0.896. The molecule has 0 saturated heterocycles. The monoisotopic (exact) mass is 243 g/mol. The molecular formula is C9H10ClN3OS. The third-order valence-electron chi connectivity index (χ3n) is 1.77. The van der Waals surface area contributed by atoms with Gasteiger partial charge in [-0.2, -0.15) is 4.98 Å². The lowest BCUT2D eigenvalue weighted by atomic mass is 10.4. The topological polar surface area (TPSA) is 51.0 Å². The van der Waals surface area contributed by atoms with E-state index in [9.17, 15) is 0 Å². The zero-order chi connectivity index (χ0) is 10.7. The number of hydrogen-bond donors (Lipinski definition) is 1. The third-order valence-corrected chi connectivity index (χ3v) is 3.01. The van der Waals surface area contributed by atoms with Crippen LogP contribution in [-0.4, -0.2) is 10.1 Å². The molecule has 1 N–H and O–H groups in total. The van der Waals surface area contributed by atoms with Crippen LogP contribution in [0.3, 0.4) is 0 Å². The molecule has 6 heteroatoms. The Morgan fingerprint density at radius 1 is 1.47 bits per heavy atom. The molecule has 2 rings (SSSR count). The van der Waals surface area contributed by atoms with Gasteiger partial charge in [0.15, 0.2) is 5.82 Å². The summed E-state index contributed by atoms with van der Waals surface area (Å²) in [6, 6.07) is 3.89. The molecule has 0 unspecified atom stereocenters. The number of aromatic nitrogens is 2. The fourth-order valence-corrected chi connectivity index (χ4v) is 2.21. The minimum absolute atomic E-state index is 0.580. The number of nitrogens with one attached hydrogen (secondary N) is 1. The van der Waals surface area contributed by atoms with Crippen molar-refractivity contribution in [2.45, 2.75) is 20.0 Å². The van der Waals surface area contributed by atoms with Gasteiger partial charge in [0.05, 0.1) is 10.9 Å². The van der Waals surface area contributed by atoms with Gasteiger partial charge in [-0.15, -0.1) is 11.3 Å². The molecule has 0 aliphatic carbocycles. The highest BCUT2D eigenvalue weighted by Crippen LogP contribution is 2.20. The Kier molecular flexibility index (Phi) is 3.35. The van der Waals surface area contributed by atoms with E-state index in [1.165, 1.54) is 4.88 Å². The normalized spacial score (nSPS) is 10.8. The molecule has 0 aromatic carbocycles. The van der Waals surface area contributed by atoms with Crippen molar-refractivity contribution >= 4 is 22.9 Å². The number of halogens is 1. The first-order chi connectivity index (χ1) is 7.24. The van der Waals surface area contributed by atoms with E-state index in [1.807, 2.05) is 12.1 Å². The van der Waals surface area contributed by atoms with Gasteiger partial charge in [0.1, 0.15) is 0 Å². The molecule has 15 heavy (non-hydrogen) atoms. The average molecular weight is 244 g/mol. The predicted molar refractivity (Wildman–Crippen MR) is 58.9 cm³/mol. The lowest BCUT2D eigenvalue weighted by Gasteiger charge is -1.97. The van der Waals surface area contributed by atoms with Crippen LogP contribution in [0.15, 0.2) is 16.7 Å². The molecule has 0 spiro atoms. The predicted octanol–water partition coefficient (Wildman–Crippen LogP) is 2.38. The molecule has 0 radical (unpaired) electrons. The summed E-state index contributed by atoms with van der Waals surface area (Å²) in [5.41, 5.74) is 0.